The molecule has 5 nitrogen and oxygen atoms in total. The Kier molecular flexibility index (Phi) is 8.77. The van der Waals surface area contributed by atoms with E-state index >= 15 is 0 Å². The van der Waals surface area contributed by atoms with Crippen LogP contribution in [0.2, 0.25) is 0 Å². The number of ether oxygens (including phenoxy) is 2. The molecule has 1 aliphatic heterocycles. The maximum absolute atomic E-state index is 5.90. The predicted molar refractivity (Wildman–Crippen MR) is 103 cm³/mol. The Balaban J connectivity index is 1.66. The Morgan fingerprint density at radius 2 is 1.92 bits per heavy atom. The van der Waals surface area contributed by atoms with Gasteiger partial charge in [-0.3, -0.25) is 4.99 Å². The van der Waals surface area contributed by atoms with Crippen LogP contribution in [0.5, 0.6) is 0 Å². The van der Waals surface area contributed by atoms with E-state index in [1.165, 1.54) is 11.1 Å². The van der Waals surface area contributed by atoms with Gasteiger partial charge in [0.2, 0.25) is 0 Å². The van der Waals surface area contributed by atoms with Crippen LogP contribution < -0.4 is 5.32 Å². The van der Waals surface area contributed by atoms with Crippen molar-refractivity contribution in [3.8, 4) is 0 Å². The van der Waals surface area contributed by atoms with Gasteiger partial charge >= 0.3 is 0 Å². The van der Waals surface area contributed by atoms with Crippen molar-refractivity contribution in [2.45, 2.75) is 45.3 Å². The van der Waals surface area contributed by atoms with Gasteiger partial charge in [-0.25, -0.2) is 0 Å². The number of nitrogens with one attached hydrogen (secondary N) is 1. The third kappa shape index (κ3) is 7.04. The van der Waals surface area contributed by atoms with E-state index < -0.39 is 0 Å². The van der Waals surface area contributed by atoms with Crippen LogP contribution >= 0.6 is 0 Å². The number of guanidine groups is 1. The van der Waals surface area contributed by atoms with Crippen molar-refractivity contribution in [1.29, 1.82) is 0 Å². The molecule has 0 saturated carbocycles. The minimum atomic E-state index is 0.377. The van der Waals surface area contributed by atoms with E-state index in [0.717, 1.165) is 64.6 Å². The molecule has 140 valence electrons. The number of aliphatic imine (C=N–C) groups is 1. The van der Waals surface area contributed by atoms with Crippen LogP contribution in [-0.4, -0.2) is 57.4 Å². The molecule has 25 heavy (non-hydrogen) atoms. The zero-order valence-corrected chi connectivity index (χ0v) is 16.0. The third-order valence-electron chi connectivity index (χ3n) is 4.55. The van der Waals surface area contributed by atoms with Gasteiger partial charge in [-0.2, -0.15) is 0 Å². The van der Waals surface area contributed by atoms with E-state index in [1.807, 2.05) is 7.05 Å². The van der Waals surface area contributed by atoms with E-state index in [0.29, 0.717) is 6.10 Å². The molecule has 1 heterocycles. The minimum absolute atomic E-state index is 0.377. The summed E-state index contributed by atoms with van der Waals surface area (Å²) in [5, 5.41) is 3.42. The molecular formula is C20H33N3O2. The molecule has 2 rings (SSSR count). The fraction of sp³-hybridized carbons (Fsp3) is 0.650. The van der Waals surface area contributed by atoms with Crippen molar-refractivity contribution in [3.05, 3.63) is 35.4 Å². The molecule has 1 aromatic rings. The van der Waals surface area contributed by atoms with E-state index in [4.69, 9.17) is 9.47 Å². The first-order chi connectivity index (χ1) is 12.2. The summed E-state index contributed by atoms with van der Waals surface area (Å²) < 4.78 is 11.3. The number of nitrogens with zero attached hydrogens (tertiary/aromatic N) is 2. The third-order valence-corrected chi connectivity index (χ3v) is 4.55. The highest BCUT2D eigenvalue weighted by molar-refractivity contribution is 5.79. The smallest absolute Gasteiger partial charge is 0.193 e. The molecule has 0 bridgehead atoms. The molecule has 0 radical (unpaired) electrons. The lowest BCUT2D eigenvalue weighted by atomic mass is 10.1. The summed E-state index contributed by atoms with van der Waals surface area (Å²) in [5.41, 5.74) is 2.67. The van der Waals surface area contributed by atoms with Gasteiger partial charge in [-0.05, 0) is 36.8 Å². The quantitative estimate of drug-likeness (QED) is 0.446. The van der Waals surface area contributed by atoms with Crippen LogP contribution in [0, 0.1) is 0 Å². The maximum atomic E-state index is 5.90. The highest BCUT2D eigenvalue weighted by atomic mass is 16.5. The van der Waals surface area contributed by atoms with Crippen LogP contribution in [0.1, 0.15) is 37.3 Å². The summed E-state index contributed by atoms with van der Waals surface area (Å²) in [6, 6.07) is 8.80. The molecule has 1 saturated heterocycles. The number of hydrogen-bond donors (Lipinski definition) is 1. The first kappa shape index (κ1) is 19.7. The summed E-state index contributed by atoms with van der Waals surface area (Å²) in [6.45, 7) is 6.35. The topological polar surface area (TPSA) is 46.1 Å². The van der Waals surface area contributed by atoms with Gasteiger partial charge in [-0.1, -0.05) is 31.2 Å². The number of hydrogen-bond acceptors (Lipinski definition) is 3. The van der Waals surface area contributed by atoms with Crippen LogP contribution in [0.15, 0.2) is 29.3 Å². The average Bonchev–Trinajstić information content (AvgIpc) is 2.66. The minimum Gasteiger partial charge on any atom is -0.381 e. The molecule has 0 amide bonds. The Hall–Kier alpha value is -1.59. The average molecular weight is 348 g/mol. The Bertz CT molecular complexity index is 510. The summed E-state index contributed by atoms with van der Waals surface area (Å²) in [7, 11) is 3.90. The SMILES string of the molecule is CCc1ccc(CN(C)C(=NC)NCCCOC2CCOCC2)cc1. The number of rotatable bonds is 8. The van der Waals surface area contributed by atoms with Crippen molar-refractivity contribution >= 4 is 5.96 Å². The second-order valence-corrected chi connectivity index (χ2v) is 6.54. The van der Waals surface area contributed by atoms with E-state index in [2.05, 4.69) is 53.4 Å². The molecule has 0 spiro atoms. The molecule has 0 aromatic heterocycles. The van der Waals surface area contributed by atoms with Gasteiger partial charge in [-0.15, -0.1) is 0 Å². The monoisotopic (exact) mass is 347 g/mol. The molecule has 1 N–H and O–H groups in total. The zero-order valence-electron chi connectivity index (χ0n) is 16.0. The molecule has 0 atom stereocenters. The molecule has 1 fully saturated rings. The van der Waals surface area contributed by atoms with Gasteiger partial charge in [0, 0.05) is 47.0 Å². The fourth-order valence-electron chi connectivity index (χ4n) is 2.98. The summed E-state index contributed by atoms with van der Waals surface area (Å²) in [6.07, 6.45) is 4.48. The van der Waals surface area contributed by atoms with E-state index in [9.17, 15) is 0 Å². The standard InChI is InChI=1S/C20H33N3O2/c1-4-17-6-8-18(9-7-17)16-23(3)20(21-2)22-12-5-13-25-19-10-14-24-15-11-19/h6-9,19H,4-5,10-16H2,1-3H3,(H,21,22). The first-order valence-electron chi connectivity index (χ1n) is 9.42. The molecule has 1 aliphatic rings. The van der Waals surface area contributed by atoms with Gasteiger partial charge < -0.3 is 19.7 Å². The van der Waals surface area contributed by atoms with Crippen molar-refractivity contribution in [2.75, 3.05) is 40.5 Å². The Labute approximate surface area is 152 Å². The molecule has 0 unspecified atom stereocenters. The zero-order chi connectivity index (χ0) is 17.9. The van der Waals surface area contributed by atoms with Crippen molar-refractivity contribution in [2.24, 2.45) is 4.99 Å². The highest BCUT2D eigenvalue weighted by Gasteiger charge is 2.13. The van der Waals surface area contributed by atoms with Crippen LogP contribution in [-0.2, 0) is 22.4 Å². The maximum Gasteiger partial charge on any atom is 0.193 e. The number of aryl methyl sites for hydroxylation is 1. The van der Waals surface area contributed by atoms with Crippen LogP contribution in [0.4, 0.5) is 0 Å². The molecule has 1 aromatic carbocycles. The lowest BCUT2D eigenvalue weighted by molar-refractivity contribution is -0.0320. The van der Waals surface area contributed by atoms with Crippen LogP contribution in [0.25, 0.3) is 0 Å². The first-order valence-corrected chi connectivity index (χ1v) is 9.42. The summed E-state index contributed by atoms with van der Waals surface area (Å²) in [4.78, 5) is 6.53. The van der Waals surface area contributed by atoms with Gasteiger partial charge in [0.25, 0.3) is 0 Å². The fourth-order valence-corrected chi connectivity index (χ4v) is 2.98. The summed E-state index contributed by atoms with van der Waals surface area (Å²) >= 11 is 0. The molecular weight excluding hydrogens is 314 g/mol. The lowest BCUT2D eigenvalue weighted by Gasteiger charge is -2.24. The summed E-state index contributed by atoms with van der Waals surface area (Å²) in [5.74, 6) is 0.922. The molecule has 5 heteroatoms. The molecule has 0 aliphatic carbocycles. The Morgan fingerprint density at radius 3 is 2.56 bits per heavy atom. The second kappa shape index (κ2) is 11.1. The second-order valence-electron chi connectivity index (χ2n) is 6.54. The van der Waals surface area contributed by atoms with Gasteiger partial charge in [0.15, 0.2) is 5.96 Å². The number of benzene rings is 1. The van der Waals surface area contributed by atoms with Crippen LogP contribution in [0.3, 0.4) is 0 Å². The largest absolute Gasteiger partial charge is 0.381 e. The van der Waals surface area contributed by atoms with Gasteiger partial charge in [0.05, 0.1) is 6.10 Å². The normalized spacial score (nSPS) is 16.0. The highest BCUT2D eigenvalue weighted by Crippen LogP contribution is 2.10. The van der Waals surface area contributed by atoms with E-state index in [-0.39, 0.29) is 0 Å². The van der Waals surface area contributed by atoms with Crippen molar-refractivity contribution in [1.82, 2.24) is 10.2 Å². The lowest BCUT2D eigenvalue weighted by Crippen LogP contribution is -2.39. The van der Waals surface area contributed by atoms with Crippen molar-refractivity contribution < 1.29 is 9.47 Å². The Morgan fingerprint density at radius 1 is 1.24 bits per heavy atom. The van der Waals surface area contributed by atoms with E-state index in [1.54, 1.807) is 0 Å². The predicted octanol–water partition coefficient (Wildman–Crippen LogP) is 2.84. The van der Waals surface area contributed by atoms with Gasteiger partial charge in [0.1, 0.15) is 0 Å². The van der Waals surface area contributed by atoms with Crippen molar-refractivity contribution in [3.63, 3.8) is 0 Å².